The largest absolute Gasteiger partial charge is 0.397 e. The van der Waals surface area contributed by atoms with Crippen LogP contribution in [0.25, 0.3) is 0 Å². The van der Waals surface area contributed by atoms with Gasteiger partial charge in [0.2, 0.25) is 10.0 Å². The van der Waals surface area contributed by atoms with E-state index in [1.807, 2.05) is 6.92 Å². The minimum Gasteiger partial charge on any atom is -0.397 e. The van der Waals surface area contributed by atoms with Gasteiger partial charge in [-0.25, -0.2) is 13.1 Å². The molecule has 0 bridgehead atoms. The summed E-state index contributed by atoms with van der Waals surface area (Å²) in [5.74, 6) is 0. The van der Waals surface area contributed by atoms with Gasteiger partial charge < -0.3 is 10.5 Å². The zero-order valence-electron chi connectivity index (χ0n) is 9.89. The highest BCUT2D eigenvalue weighted by atomic mass is 35.5. The molecule has 0 aromatic heterocycles. The summed E-state index contributed by atoms with van der Waals surface area (Å²) in [6, 6.07) is 4.05. The molecule has 0 spiro atoms. The normalized spacial score (nSPS) is 24.3. The van der Waals surface area contributed by atoms with Crippen molar-refractivity contribution < 1.29 is 13.2 Å². The molecule has 1 heterocycles. The maximum atomic E-state index is 12.1. The molecule has 2 rings (SSSR count). The monoisotopic (exact) mass is 290 g/mol. The van der Waals surface area contributed by atoms with Crippen LogP contribution in [0.5, 0.6) is 0 Å². The fourth-order valence-electron chi connectivity index (χ4n) is 1.84. The van der Waals surface area contributed by atoms with E-state index in [0.29, 0.717) is 18.1 Å². The summed E-state index contributed by atoms with van der Waals surface area (Å²) >= 11 is 5.76. The molecule has 1 fully saturated rings. The van der Waals surface area contributed by atoms with Gasteiger partial charge in [-0.3, -0.25) is 0 Å². The molecule has 1 aliphatic heterocycles. The van der Waals surface area contributed by atoms with Gasteiger partial charge in [-0.2, -0.15) is 0 Å². The van der Waals surface area contributed by atoms with Crippen molar-refractivity contribution in [2.45, 2.75) is 30.4 Å². The van der Waals surface area contributed by atoms with Crippen LogP contribution >= 0.6 is 11.6 Å². The molecule has 0 amide bonds. The number of rotatable bonds is 3. The number of hydrogen-bond acceptors (Lipinski definition) is 4. The maximum Gasteiger partial charge on any atom is 0.240 e. The van der Waals surface area contributed by atoms with Crippen molar-refractivity contribution in [3.05, 3.63) is 23.2 Å². The third-order valence-electron chi connectivity index (χ3n) is 2.96. The molecule has 100 valence electrons. The van der Waals surface area contributed by atoms with E-state index in [1.165, 1.54) is 18.2 Å². The molecule has 0 aliphatic carbocycles. The topological polar surface area (TPSA) is 81.4 Å². The predicted molar refractivity (Wildman–Crippen MR) is 70.0 cm³/mol. The van der Waals surface area contributed by atoms with Crippen LogP contribution in [0, 0.1) is 0 Å². The fraction of sp³-hybridized carbons (Fsp3) is 0.455. The van der Waals surface area contributed by atoms with Gasteiger partial charge in [0.15, 0.2) is 0 Å². The van der Waals surface area contributed by atoms with E-state index in [0.717, 1.165) is 0 Å². The lowest BCUT2D eigenvalue weighted by Gasteiger charge is -2.16. The Balaban J connectivity index is 2.22. The van der Waals surface area contributed by atoms with Crippen LogP contribution in [0.1, 0.15) is 13.3 Å². The number of anilines is 1. The van der Waals surface area contributed by atoms with Gasteiger partial charge in [0.1, 0.15) is 0 Å². The number of hydrogen-bond donors (Lipinski definition) is 2. The van der Waals surface area contributed by atoms with Crippen LogP contribution in [-0.4, -0.2) is 27.2 Å². The summed E-state index contributed by atoms with van der Waals surface area (Å²) in [6.07, 6.45) is 0.549. The van der Waals surface area contributed by atoms with Gasteiger partial charge in [-0.1, -0.05) is 11.6 Å². The second kappa shape index (κ2) is 5.05. The van der Waals surface area contributed by atoms with Crippen LogP contribution in [-0.2, 0) is 14.8 Å². The molecule has 3 N–H and O–H groups in total. The maximum absolute atomic E-state index is 12.1. The highest BCUT2D eigenvalue weighted by Crippen LogP contribution is 2.23. The first-order chi connectivity index (χ1) is 8.40. The summed E-state index contributed by atoms with van der Waals surface area (Å²) in [5, 5.41) is 0.339. The zero-order valence-corrected chi connectivity index (χ0v) is 11.5. The predicted octanol–water partition coefficient (Wildman–Crippen LogP) is 1.38. The van der Waals surface area contributed by atoms with Gasteiger partial charge in [-0.05, 0) is 31.5 Å². The molecular weight excluding hydrogens is 276 g/mol. The van der Waals surface area contributed by atoms with Crippen LogP contribution in [0.2, 0.25) is 5.02 Å². The molecule has 2 atom stereocenters. The van der Waals surface area contributed by atoms with Crippen molar-refractivity contribution in [2.24, 2.45) is 0 Å². The van der Waals surface area contributed by atoms with E-state index in [9.17, 15) is 8.42 Å². The minimum atomic E-state index is -3.58. The van der Waals surface area contributed by atoms with E-state index in [1.54, 1.807) is 0 Å². The third-order valence-corrected chi connectivity index (χ3v) is 4.79. The first kappa shape index (κ1) is 13.6. The summed E-state index contributed by atoms with van der Waals surface area (Å²) in [5.41, 5.74) is 5.85. The second-order valence-electron chi connectivity index (χ2n) is 4.28. The van der Waals surface area contributed by atoms with Crippen molar-refractivity contribution in [1.29, 1.82) is 0 Å². The first-order valence-electron chi connectivity index (χ1n) is 5.59. The van der Waals surface area contributed by atoms with E-state index >= 15 is 0 Å². The highest BCUT2D eigenvalue weighted by Gasteiger charge is 2.29. The van der Waals surface area contributed by atoms with E-state index in [-0.39, 0.29) is 22.7 Å². The molecule has 1 saturated heterocycles. The lowest BCUT2D eigenvalue weighted by atomic mass is 10.2. The van der Waals surface area contributed by atoms with Gasteiger partial charge in [0.05, 0.1) is 27.8 Å². The molecule has 0 saturated carbocycles. The smallest absolute Gasteiger partial charge is 0.240 e. The molecule has 1 aliphatic rings. The van der Waals surface area contributed by atoms with Crippen LogP contribution in [0.4, 0.5) is 5.69 Å². The van der Waals surface area contributed by atoms with E-state index < -0.39 is 10.0 Å². The Morgan fingerprint density at radius 1 is 1.50 bits per heavy atom. The number of benzene rings is 1. The number of halogens is 1. The van der Waals surface area contributed by atoms with Gasteiger partial charge in [0.25, 0.3) is 0 Å². The average molecular weight is 291 g/mol. The molecule has 1 aromatic carbocycles. The van der Waals surface area contributed by atoms with Crippen molar-refractivity contribution in [1.82, 2.24) is 4.72 Å². The Morgan fingerprint density at radius 2 is 2.22 bits per heavy atom. The molecule has 18 heavy (non-hydrogen) atoms. The Bertz CT molecular complexity index is 547. The molecule has 7 heteroatoms. The SMILES string of the molecule is CC1OCCC1NS(=O)(=O)c1ccc(Cl)c(N)c1. The fourth-order valence-corrected chi connectivity index (χ4v) is 3.33. The van der Waals surface area contributed by atoms with Crippen molar-refractivity contribution in [2.75, 3.05) is 12.3 Å². The number of nitrogen functional groups attached to an aromatic ring is 1. The molecule has 0 radical (unpaired) electrons. The zero-order chi connectivity index (χ0) is 13.3. The van der Waals surface area contributed by atoms with Crippen molar-refractivity contribution >= 4 is 27.3 Å². The van der Waals surface area contributed by atoms with Crippen molar-refractivity contribution in [3.8, 4) is 0 Å². The van der Waals surface area contributed by atoms with E-state index in [2.05, 4.69) is 4.72 Å². The Morgan fingerprint density at radius 3 is 2.78 bits per heavy atom. The lowest BCUT2D eigenvalue weighted by molar-refractivity contribution is 0.117. The Labute approximate surface area is 111 Å². The Hall–Kier alpha value is -0.820. The highest BCUT2D eigenvalue weighted by molar-refractivity contribution is 7.89. The van der Waals surface area contributed by atoms with Crippen LogP contribution < -0.4 is 10.5 Å². The van der Waals surface area contributed by atoms with Gasteiger partial charge in [-0.15, -0.1) is 0 Å². The van der Waals surface area contributed by atoms with Crippen LogP contribution in [0.15, 0.2) is 23.1 Å². The third kappa shape index (κ3) is 2.77. The van der Waals surface area contributed by atoms with Crippen LogP contribution in [0.3, 0.4) is 0 Å². The van der Waals surface area contributed by atoms with Crippen molar-refractivity contribution in [3.63, 3.8) is 0 Å². The van der Waals surface area contributed by atoms with Gasteiger partial charge in [0, 0.05) is 6.61 Å². The quantitative estimate of drug-likeness (QED) is 0.824. The number of sulfonamides is 1. The molecule has 2 unspecified atom stereocenters. The summed E-state index contributed by atoms with van der Waals surface area (Å²) in [6.45, 7) is 2.41. The molecule has 1 aromatic rings. The minimum absolute atomic E-state index is 0.114. The summed E-state index contributed by atoms with van der Waals surface area (Å²) in [4.78, 5) is 0.114. The standard InChI is InChI=1S/C11H15ClN2O3S/c1-7-11(4-5-17-7)14-18(15,16)8-2-3-9(12)10(13)6-8/h2-3,6-7,11,14H,4-5,13H2,1H3. The summed E-state index contributed by atoms with van der Waals surface area (Å²) < 4.78 is 32.2. The number of nitrogens with one attached hydrogen (secondary N) is 1. The molecular formula is C11H15ClN2O3S. The second-order valence-corrected chi connectivity index (χ2v) is 6.40. The lowest BCUT2D eigenvalue weighted by Crippen LogP contribution is -2.39. The number of ether oxygens (including phenoxy) is 1. The molecule has 5 nitrogen and oxygen atoms in total. The first-order valence-corrected chi connectivity index (χ1v) is 7.45. The Kier molecular flexibility index (Phi) is 3.82. The summed E-state index contributed by atoms with van der Waals surface area (Å²) in [7, 11) is -3.58. The number of nitrogens with two attached hydrogens (primary N) is 1. The average Bonchev–Trinajstić information content (AvgIpc) is 2.67. The van der Waals surface area contributed by atoms with E-state index in [4.69, 9.17) is 22.1 Å². The van der Waals surface area contributed by atoms with Gasteiger partial charge >= 0.3 is 0 Å².